The molecule has 0 spiro atoms. The van der Waals surface area contributed by atoms with Crippen LogP contribution in [0.25, 0.3) is 0 Å². The van der Waals surface area contributed by atoms with E-state index in [-0.39, 0.29) is 6.10 Å². The Kier molecular flexibility index (Phi) is 7.52. The number of hydrogen-bond acceptors (Lipinski definition) is 1. The van der Waals surface area contributed by atoms with Crippen molar-refractivity contribution in [2.45, 2.75) is 59.1 Å². The molecule has 0 saturated carbocycles. The number of benzene rings is 2. The van der Waals surface area contributed by atoms with Crippen LogP contribution in [0, 0.1) is 5.92 Å². The first-order valence-electron chi connectivity index (χ1n) is 9.62. The molecule has 0 bridgehead atoms. The van der Waals surface area contributed by atoms with Gasteiger partial charge >= 0.3 is 0 Å². The minimum Gasteiger partial charge on any atom is -0.491 e. The monoisotopic (exact) mass is 340 g/mol. The molecule has 0 heterocycles. The Morgan fingerprint density at radius 1 is 0.800 bits per heavy atom. The maximum Gasteiger partial charge on any atom is 0.119 e. The SMILES string of the molecule is CC(C)Oc1ccc([C@@H](CC[NH2+][C@@H](C)c2ccccc2)C(C)C)cc1. The van der Waals surface area contributed by atoms with Crippen LogP contribution in [0.5, 0.6) is 5.75 Å². The number of ether oxygens (including phenoxy) is 1. The molecule has 0 aliphatic rings. The zero-order chi connectivity index (χ0) is 18.2. The highest BCUT2D eigenvalue weighted by Crippen LogP contribution is 2.29. The molecule has 2 atom stereocenters. The Morgan fingerprint density at radius 2 is 1.44 bits per heavy atom. The van der Waals surface area contributed by atoms with Gasteiger partial charge in [0.1, 0.15) is 11.8 Å². The number of quaternary nitrogens is 1. The van der Waals surface area contributed by atoms with Crippen LogP contribution in [-0.2, 0) is 0 Å². The Bertz CT molecular complexity index is 604. The third-order valence-electron chi connectivity index (χ3n) is 4.81. The fourth-order valence-electron chi connectivity index (χ4n) is 3.37. The summed E-state index contributed by atoms with van der Waals surface area (Å²) in [5.74, 6) is 2.19. The minimum atomic E-state index is 0.223. The molecule has 136 valence electrons. The zero-order valence-corrected chi connectivity index (χ0v) is 16.4. The average molecular weight is 341 g/mol. The van der Waals surface area contributed by atoms with Gasteiger partial charge in [0.25, 0.3) is 0 Å². The highest BCUT2D eigenvalue weighted by atomic mass is 16.5. The van der Waals surface area contributed by atoms with Crippen LogP contribution >= 0.6 is 0 Å². The van der Waals surface area contributed by atoms with E-state index in [4.69, 9.17) is 4.74 Å². The van der Waals surface area contributed by atoms with Crippen molar-refractivity contribution in [3.05, 3.63) is 65.7 Å². The van der Waals surface area contributed by atoms with Crippen LogP contribution < -0.4 is 10.1 Å². The second kappa shape index (κ2) is 9.62. The highest BCUT2D eigenvalue weighted by molar-refractivity contribution is 5.30. The predicted molar refractivity (Wildman–Crippen MR) is 106 cm³/mol. The van der Waals surface area contributed by atoms with Crippen molar-refractivity contribution < 1.29 is 10.1 Å². The molecule has 2 rings (SSSR count). The van der Waals surface area contributed by atoms with Gasteiger partial charge in [-0.2, -0.15) is 0 Å². The van der Waals surface area contributed by atoms with Crippen LogP contribution in [-0.4, -0.2) is 12.6 Å². The first kappa shape index (κ1) is 19.5. The van der Waals surface area contributed by atoms with Crippen molar-refractivity contribution >= 4 is 0 Å². The molecule has 2 heteroatoms. The van der Waals surface area contributed by atoms with E-state index in [2.05, 4.69) is 94.5 Å². The Labute approximate surface area is 153 Å². The summed E-state index contributed by atoms with van der Waals surface area (Å²) in [6.45, 7) is 12.2. The minimum absolute atomic E-state index is 0.223. The second-order valence-electron chi connectivity index (χ2n) is 7.60. The molecule has 2 nitrogen and oxygen atoms in total. The van der Waals surface area contributed by atoms with Gasteiger partial charge in [0, 0.05) is 12.0 Å². The summed E-state index contributed by atoms with van der Waals surface area (Å²) in [5, 5.41) is 2.46. The molecule has 0 saturated heterocycles. The smallest absolute Gasteiger partial charge is 0.119 e. The standard InChI is InChI=1S/C23H33NO/c1-17(2)23(21-11-13-22(14-12-21)25-18(3)4)15-16-24-19(5)20-9-7-6-8-10-20/h6-14,17-19,23-24H,15-16H2,1-5H3/p+1/t19-,23-/m0/s1. The molecule has 0 unspecified atom stereocenters. The van der Waals surface area contributed by atoms with Crippen molar-refractivity contribution in [3.63, 3.8) is 0 Å². The molecule has 0 radical (unpaired) electrons. The van der Waals surface area contributed by atoms with Gasteiger partial charge in [0.2, 0.25) is 0 Å². The van der Waals surface area contributed by atoms with E-state index < -0.39 is 0 Å². The van der Waals surface area contributed by atoms with E-state index in [9.17, 15) is 0 Å². The lowest BCUT2D eigenvalue weighted by atomic mass is 9.85. The first-order valence-corrected chi connectivity index (χ1v) is 9.62. The van der Waals surface area contributed by atoms with E-state index in [1.54, 1.807) is 0 Å². The topological polar surface area (TPSA) is 25.8 Å². The largest absolute Gasteiger partial charge is 0.491 e. The number of hydrogen-bond donors (Lipinski definition) is 1. The average Bonchev–Trinajstić information content (AvgIpc) is 2.59. The Balaban J connectivity index is 1.92. The van der Waals surface area contributed by atoms with Crippen molar-refractivity contribution in [3.8, 4) is 5.75 Å². The molecule has 25 heavy (non-hydrogen) atoms. The van der Waals surface area contributed by atoms with E-state index in [1.165, 1.54) is 17.5 Å². The van der Waals surface area contributed by atoms with E-state index in [0.29, 0.717) is 17.9 Å². The molecular formula is C23H34NO+. The van der Waals surface area contributed by atoms with Gasteiger partial charge in [-0.3, -0.25) is 0 Å². The molecule has 0 aliphatic heterocycles. The van der Waals surface area contributed by atoms with Gasteiger partial charge in [-0.1, -0.05) is 56.3 Å². The quantitative estimate of drug-likeness (QED) is 0.688. The van der Waals surface area contributed by atoms with Crippen molar-refractivity contribution in [2.24, 2.45) is 5.92 Å². The third kappa shape index (κ3) is 6.21. The third-order valence-corrected chi connectivity index (χ3v) is 4.81. The van der Waals surface area contributed by atoms with Gasteiger partial charge in [-0.15, -0.1) is 0 Å². The van der Waals surface area contributed by atoms with Crippen LogP contribution in [0.15, 0.2) is 54.6 Å². The van der Waals surface area contributed by atoms with Crippen LogP contribution in [0.4, 0.5) is 0 Å². The van der Waals surface area contributed by atoms with Crippen LogP contribution in [0.3, 0.4) is 0 Å². The summed E-state index contributed by atoms with van der Waals surface area (Å²) in [6, 6.07) is 20.0. The lowest BCUT2D eigenvalue weighted by Gasteiger charge is -2.22. The number of rotatable bonds is 9. The van der Waals surface area contributed by atoms with E-state index >= 15 is 0 Å². The molecule has 0 aromatic heterocycles. The van der Waals surface area contributed by atoms with Crippen molar-refractivity contribution in [1.29, 1.82) is 0 Å². The van der Waals surface area contributed by atoms with Crippen molar-refractivity contribution in [1.82, 2.24) is 0 Å². The summed E-state index contributed by atoms with van der Waals surface area (Å²) in [5.41, 5.74) is 2.82. The highest BCUT2D eigenvalue weighted by Gasteiger charge is 2.18. The van der Waals surface area contributed by atoms with Gasteiger partial charge in [0.15, 0.2) is 0 Å². The molecular weight excluding hydrogens is 306 g/mol. The summed E-state index contributed by atoms with van der Waals surface area (Å²) < 4.78 is 5.76. The van der Waals surface area contributed by atoms with Gasteiger partial charge in [-0.05, 0) is 50.3 Å². The lowest BCUT2D eigenvalue weighted by molar-refractivity contribution is -0.693. The molecule has 2 N–H and O–H groups in total. The van der Waals surface area contributed by atoms with E-state index in [1.807, 2.05) is 0 Å². The van der Waals surface area contributed by atoms with Gasteiger partial charge in [0.05, 0.1) is 12.6 Å². The molecule has 0 amide bonds. The van der Waals surface area contributed by atoms with Gasteiger partial charge < -0.3 is 10.1 Å². The fraction of sp³-hybridized carbons (Fsp3) is 0.478. The fourth-order valence-corrected chi connectivity index (χ4v) is 3.37. The van der Waals surface area contributed by atoms with Crippen LogP contribution in [0.1, 0.15) is 64.1 Å². The molecule has 2 aromatic carbocycles. The molecule has 2 aromatic rings. The predicted octanol–water partition coefficient (Wildman–Crippen LogP) is 4.93. The summed E-state index contributed by atoms with van der Waals surface area (Å²) >= 11 is 0. The van der Waals surface area contributed by atoms with Crippen LogP contribution in [0.2, 0.25) is 0 Å². The maximum atomic E-state index is 5.76. The Hall–Kier alpha value is -1.80. The normalized spacial score (nSPS) is 13.9. The second-order valence-corrected chi connectivity index (χ2v) is 7.60. The zero-order valence-electron chi connectivity index (χ0n) is 16.4. The van der Waals surface area contributed by atoms with E-state index in [0.717, 1.165) is 12.3 Å². The van der Waals surface area contributed by atoms with Crippen molar-refractivity contribution in [2.75, 3.05) is 6.54 Å². The number of nitrogens with two attached hydrogens (primary N) is 1. The first-order chi connectivity index (χ1) is 12.0. The lowest BCUT2D eigenvalue weighted by Crippen LogP contribution is -2.84. The molecule has 0 aliphatic carbocycles. The summed E-state index contributed by atoms with van der Waals surface area (Å²) in [4.78, 5) is 0. The molecule has 0 fully saturated rings. The van der Waals surface area contributed by atoms with Gasteiger partial charge in [-0.25, -0.2) is 0 Å². The summed E-state index contributed by atoms with van der Waals surface area (Å²) in [6.07, 6.45) is 1.42. The Morgan fingerprint density at radius 3 is 2.00 bits per heavy atom. The maximum absolute atomic E-state index is 5.76. The summed E-state index contributed by atoms with van der Waals surface area (Å²) in [7, 11) is 0.